The maximum atomic E-state index is 5.76. The standard InChI is InChI=1S/C11H21N5O/c1-9(2)16-11(13-8-14-16)6-15-3-4-17-7-10(15)5-12/h8-10H,3-7,12H2,1-2H3. The third-order valence-electron chi connectivity index (χ3n) is 3.10. The number of rotatable bonds is 4. The fourth-order valence-corrected chi connectivity index (χ4v) is 2.11. The highest BCUT2D eigenvalue weighted by molar-refractivity contribution is 4.89. The van der Waals surface area contributed by atoms with Crippen LogP contribution in [0.1, 0.15) is 25.7 Å². The second kappa shape index (κ2) is 5.57. The summed E-state index contributed by atoms with van der Waals surface area (Å²) < 4.78 is 7.40. The molecule has 1 aliphatic heterocycles. The zero-order chi connectivity index (χ0) is 12.3. The lowest BCUT2D eigenvalue weighted by molar-refractivity contribution is -0.00973. The van der Waals surface area contributed by atoms with Gasteiger partial charge in [-0.15, -0.1) is 0 Å². The van der Waals surface area contributed by atoms with Gasteiger partial charge in [0.2, 0.25) is 0 Å². The Morgan fingerprint density at radius 2 is 2.41 bits per heavy atom. The minimum atomic E-state index is 0.293. The highest BCUT2D eigenvalue weighted by Crippen LogP contribution is 2.12. The molecule has 1 unspecified atom stereocenters. The van der Waals surface area contributed by atoms with Crippen molar-refractivity contribution in [3.8, 4) is 0 Å². The van der Waals surface area contributed by atoms with Gasteiger partial charge in [-0.2, -0.15) is 5.10 Å². The summed E-state index contributed by atoms with van der Waals surface area (Å²) in [4.78, 5) is 6.65. The molecule has 0 radical (unpaired) electrons. The van der Waals surface area contributed by atoms with E-state index in [1.807, 2.05) is 4.68 Å². The molecule has 1 saturated heterocycles. The van der Waals surface area contributed by atoms with Gasteiger partial charge in [-0.05, 0) is 13.8 Å². The summed E-state index contributed by atoms with van der Waals surface area (Å²) in [7, 11) is 0. The molecule has 6 nitrogen and oxygen atoms in total. The molecular formula is C11H21N5O. The Hall–Kier alpha value is -0.980. The van der Waals surface area contributed by atoms with E-state index in [1.165, 1.54) is 0 Å². The number of nitrogens with two attached hydrogens (primary N) is 1. The first-order valence-corrected chi connectivity index (χ1v) is 6.12. The maximum Gasteiger partial charge on any atom is 0.141 e. The fraction of sp³-hybridized carbons (Fsp3) is 0.818. The summed E-state index contributed by atoms with van der Waals surface area (Å²) in [5.41, 5.74) is 5.76. The van der Waals surface area contributed by atoms with E-state index in [0.29, 0.717) is 25.2 Å². The zero-order valence-electron chi connectivity index (χ0n) is 10.5. The molecule has 2 rings (SSSR count). The Bertz CT molecular complexity index is 351. The van der Waals surface area contributed by atoms with Gasteiger partial charge in [0.05, 0.1) is 19.8 Å². The van der Waals surface area contributed by atoms with Crippen molar-refractivity contribution in [2.45, 2.75) is 32.5 Å². The SMILES string of the molecule is CC(C)n1ncnc1CN1CCOCC1CN. The van der Waals surface area contributed by atoms with Crippen molar-refractivity contribution >= 4 is 0 Å². The molecule has 1 aromatic rings. The largest absolute Gasteiger partial charge is 0.378 e. The first kappa shape index (κ1) is 12.5. The van der Waals surface area contributed by atoms with Gasteiger partial charge >= 0.3 is 0 Å². The molecule has 0 aromatic carbocycles. The van der Waals surface area contributed by atoms with Crippen LogP contribution in [0.15, 0.2) is 6.33 Å². The molecule has 1 fully saturated rings. The van der Waals surface area contributed by atoms with Gasteiger partial charge in [-0.3, -0.25) is 4.90 Å². The molecule has 1 atom stereocenters. The number of hydrogen-bond acceptors (Lipinski definition) is 5. The van der Waals surface area contributed by atoms with Crippen molar-refractivity contribution in [3.05, 3.63) is 12.2 Å². The molecule has 0 spiro atoms. The normalized spacial score (nSPS) is 22.2. The molecule has 1 aromatic heterocycles. The van der Waals surface area contributed by atoms with Crippen LogP contribution in [0.5, 0.6) is 0 Å². The molecule has 0 amide bonds. The highest BCUT2D eigenvalue weighted by atomic mass is 16.5. The van der Waals surface area contributed by atoms with E-state index in [4.69, 9.17) is 10.5 Å². The van der Waals surface area contributed by atoms with Crippen LogP contribution in [0, 0.1) is 0 Å². The lowest BCUT2D eigenvalue weighted by Gasteiger charge is -2.34. The summed E-state index contributed by atoms with van der Waals surface area (Å²) in [6, 6.07) is 0.630. The van der Waals surface area contributed by atoms with E-state index >= 15 is 0 Å². The van der Waals surface area contributed by atoms with E-state index < -0.39 is 0 Å². The molecule has 6 heteroatoms. The zero-order valence-corrected chi connectivity index (χ0v) is 10.5. The summed E-state index contributed by atoms with van der Waals surface area (Å²) in [6.45, 7) is 8.03. The van der Waals surface area contributed by atoms with Gasteiger partial charge in [0, 0.05) is 25.2 Å². The minimum Gasteiger partial charge on any atom is -0.378 e. The maximum absolute atomic E-state index is 5.76. The van der Waals surface area contributed by atoms with Crippen LogP contribution >= 0.6 is 0 Å². The summed E-state index contributed by atoms with van der Waals surface area (Å²) in [5.74, 6) is 1.00. The smallest absolute Gasteiger partial charge is 0.141 e. The highest BCUT2D eigenvalue weighted by Gasteiger charge is 2.23. The second-order valence-corrected chi connectivity index (χ2v) is 4.65. The molecule has 17 heavy (non-hydrogen) atoms. The van der Waals surface area contributed by atoms with Gasteiger partial charge < -0.3 is 10.5 Å². The van der Waals surface area contributed by atoms with Crippen LogP contribution in [0.4, 0.5) is 0 Å². The first-order chi connectivity index (χ1) is 8.22. The molecule has 1 aliphatic rings. The molecule has 0 bridgehead atoms. The molecule has 2 N–H and O–H groups in total. The number of aromatic nitrogens is 3. The quantitative estimate of drug-likeness (QED) is 0.802. The Balaban J connectivity index is 2.05. The van der Waals surface area contributed by atoms with Crippen molar-refractivity contribution in [1.82, 2.24) is 19.7 Å². The topological polar surface area (TPSA) is 69.2 Å². The minimum absolute atomic E-state index is 0.293. The third-order valence-corrected chi connectivity index (χ3v) is 3.10. The summed E-state index contributed by atoms with van der Waals surface area (Å²) in [5, 5.41) is 4.25. The van der Waals surface area contributed by atoms with Crippen molar-refractivity contribution in [3.63, 3.8) is 0 Å². The Morgan fingerprint density at radius 3 is 3.12 bits per heavy atom. The number of ether oxygens (including phenoxy) is 1. The van der Waals surface area contributed by atoms with E-state index in [1.54, 1.807) is 6.33 Å². The fourth-order valence-electron chi connectivity index (χ4n) is 2.11. The van der Waals surface area contributed by atoms with E-state index in [-0.39, 0.29) is 0 Å². The van der Waals surface area contributed by atoms with Crippen molar-refractivity contribution in [2.75, 3.05) is 26.3 Å². The average molecular weight is 239 g/mol. The van der Waals surface area contributed by atoms with Crippen LogP contribution in [0.3, 0.4) is 0 Å². The second-order valence-electron chi connectivity index (χ2n) is 4.65. The Morgan fingerprint density at radius 1 is 1.59 bits per heavy atom. The van der Waals surface area contributed by atoms with Crippen LogP contribution in [-0.2, 0) is 11.3 Å². The lowest BCUT2D eigenvalue weighted by Crippen LogP contribution is -2.49. The van der Waals surface area contributed by atoms with E-state index in [0.717, 1.165) is 25.5 Å². The molecule has 0 aliphatic carbocycles. The van der Waals surface area contributed by atoms with Gasteiger partial charge in [-0.25, -0.2) is 9.67 Å². The molecule has 96 valence electrons. The van der Waals surface area contributed by atoms with E-state index in [9.17, 15) is 0 Å². The van der Waals surface area contributed by atoms with Gasteiger partial charge in [0.25, 0.3) is 0 Å². The summed E-state index contributed by atoms with van der Waals surface area (Å²) in [6.07, 6.45) is 1.62. The monoisotopic (exact) mass is 239 g/mol. The predicted octanol–water partition coefficient (Wildman–Crippen LogP) is 0.0185. The average Bonchev–Trinajstić information content (AvgIpc) is 2.78. The van der Waals surface area contributed by atoms with Gasteiger partial charge in [0.15, 0.2) is 0 Å². The molecular weight excluding hydrogens is 218 g/mol. The van der Waals surface area contributed by atoms with Crippen molar-refractivity contribution in [2.24, 2.45) is 5.73 Å². The Kier molecular flexibility index (Phi) is 4.09. The van der Waals surface area contributed by atoms with Gasteiger partial charge in [-0.1, -0.05) is 0 Å². The number of morpholine rings is 1. The van der Waals surface area contributed by atoms with E-state index in [2.05, 4.69) is 28.8 Å². The molecule has 0 saturated carbocycles. The lowest BCUT2D eigenvalue weighted by atomic mass is 10.2. The number of hydrogen-bond donors (Lipinski definition) is 1. The predicted molar refractivity (Wildman–Crippen MR) is 64.5 cm³/mol. The van der Waals surface area contributed by atoms with Crippen molar-refractivity contribution < 1.29 is 4.74 Å². The van der Waals surface area contributed by atoms with Crippen LogP contribution in [0.25, 0.3) is 0 Å². The van der Waals surface area contributed by atoms with Crippen LogP contribution in [0.2, 0.25) is 0 Å². The third kappa shape index (κ3) is 2.83. The van der Waals surface area contributed by atoms with Crippen molar-refractivity contribution in [1.29, 1.82) is 0 Å². The number of nitrogens with zero attached hydrogens (tertiary/aromatic N) is 4. The van der Waals surface area contributed by atoms with Crippen LogP contribution in [-0.4, -0.2) is 52.0 Å². The van der Waals surface area contributed by atoms with Crippen LogP contribution < -0.4 is 5.73 Å². The van der Waals surface area contributed by atoms with Gasteiger partial charge in [0.1, 0.15) is 12.2 Å². The summed E-state index contributed by atoms with van der Waals surface area (Å²) >= 11 is 0. The molecule has 2 heterocycles. The Labute approximate surface area is 102 Å². The first-order valence-electron chi connectivity index (χ1n) is 6.12.